The van der Waals surface area contributed by atoms with E-state index in [1.807, 2.05) is 12.1 Å². The fourth-order valence-electron chi connectivity index (χ4n) is 3.18. The first-order chi connectivity index (χ1) is 13.4. The van der Waals surface area contributed by atoms with E-state index in [-0.39, 0.29) is 41.4 Å². The summed E-state index contributed by atoms with van der Waals surface area (Å²) in [4.78, 5) is 0.435. The van der Waals surface area contributed by atoms with Crippen LogP contribution in [0.5, 0.6) is 0 Å². The molecule has 29 heavy (non-hydrogen) atoms. The third-order valence-corrected chi connectivity index (χ3v) is 9.36. The van der Waals surface area contributed by atoms with Crippen molar-refractivity contribution in [1.29, 1.82) is 0 Å². The molecular weight excluding hydrogens is 476 g/mol. The minimum absolute atomic E-state index is 0.0602. The van der Waals surface area contributed by atoms with E-state index in [1.165, 1.54) is 8.61 Å². The SMILES string of the molecule is CC(C)(C)c1ccc(S(=O)(=O)N2CCN(S(=O)(=O)c3ccc(Br)cc3)CC2)cc1. The molecule has 1 aliphatic rings. The predicted molar refractivity (Wildman–Crippen MR) is 117 cm³/mol. The zero-order valence-electron chi connectivity index (χ0n) is 16.7. The second-order valence-corrected chi connectivity index (χ2v) is 12.8. The van der Waals surface area contributed by atoms with Crippen molar-refractivity contribution in [2.24, 2.45) is 0 Å². The highest BCUT2D eigenvalue weighted by atomic mass is 79.9. The summed E-state index contributed by atoms with van der Waals surface area (Å²) in [5.74, 6) is 0. The van der Waals surface area contributed by atoms with E-state index in [9.17, 15) is 16.8 Å². The Hall–Kier alpha value is -1.26. The van der Waals surface area contributed by atoms with Crippen molar-refractivity contribution in [2.45, 2.75) is 36.0 Å². The zero-order chi connectivity index (χ0) is 21.4. The van der Waals surface area contributed by atoms with Crippen LogP contribution in [0.25, 0.3) is 0 Å². The summed E-state index contributed by atoms with van der Waals surface area (Å²) in [6.07, 6.45) is 0. The maximum Gasteiger partial charge on any atom is 0.243 e. The first kappa shape index (κ1) is 22.4. The van der Waals surface area contributed by atoms with Gasteiger partial charge in [0.25, 0.3) is 0 Å². The third kappa shape index (κ3) is 4.74. The Bertz CT molecular complexity index is 1070. The summed E-state index contributed by atoms with van der Waals surface area (Å²) >= 11 is 3.29. The van der Waals surface area contributed by atoms with Crippen molar-refractivity contribution in [2.75, 3.05) is 26.2 Å². The Morgan fingerprint density at radius 2 is 1.03 bits per heavy atom. The van der Waals surface area contributed by atoms with Gasteiger partial charge in [0.15, 0.2) is 0 Å². The van der Waals surface area contributed by atoms with E-state index in [2.05, 4.69) is 36.7 Å². The predicted octanol–water partition coefficient (Wildman–Crippen LogP) is 3.44. The monoisotopic (exact) mass is 500 g/mol. The lowest BCUT2D eigenvalue weighted by Gasteiger charge is -2.33. The normalized spacial score (nSPS) is 17.4. The lowest BCUT2D eigenvalue weighted by molar-refractivity contribution is 0.273. The Morgan fingerprint density at radius 1 is 0.690 bits per heavy atom. The molecule has 2 aromatic carbocycles. The van der Waals surface area contributed by atoms with Gasteiger partial charge in [0.05, 0.1) is 9.79 Å². The van der Waals surface area contributed by atoms with E-state index < -0.39 is 20.0 Å². The molecular formula is C20H25BrN2O4S2. The Balaban J connectivity index is 1.73. The van der Waals surface area contributed by atoms with Gasteiger partial charge in [0.1, 0.15) is 0 Å². The minimum Gasteiger partial charge on any atom is -0.207 e. The zero-order valence-corrected chi connectivity index (χ0v) is 19.9. The summed E-state index contributed by atoms with van der Waals surface area (Å²) in [6, 6.07) is 13.4. The van der Waals surface area contributed by atoms with Crippen molar-refractivity contribution >= 4 is 36.0 Å². The van der Waals surface area contributed by atoms with Gasteiger partial charge < -0.3 is 0 Å². The van der Waals surface area contributed by atoms with E-state index in [0.29, 0.717) is 0 Å². The average Bonchev–Trinajstić information content (AvgIpc) is 2.68. The fraction of sp³-hybridized carbons (Fsp3) is 0.400. The van der Waals surface area contributed by atoms with Crippen LogP contribution < -0.4 is 0 Å². The smallest absolute Gasteiger partial charge is 0.207 e. The summed E-state index contributed by atoms with van der Waals surface area (Å²) in [5, 5.41) is 0. The van der Waals surface area contributed by atoms with Gasteiger partial charge in [0.2, 0.25) is 20.0 Å². The highest BCUT2D eigenvalue weighted by Crippen LogP contribution is 2.26. The molecule has 0 N–H and O–H groups in total. The molecule has 9 heteroatoms. The number of halogens is 1. The van der Waals surface area contributed by atoms with Crippen LogP contribution in [0.15, 0.2) is 62.8 Å². The Labute approximate surface area is 181 Å². The van der Waals surface area contributed by atoms with Crippen molar-refractivity contribution in [3.05, 3.63) is 58.6 Å². The number of hydrogen-bond acceptors (Lipinski definition) is 4. The number of piperazine rings is 1. The number of sulfonamides is 2. The maximum atomic E-state index is 13.0. The van der Waals surface area contributed by atoms with E-state index in [1.54, 1.807) is 36.4 Å². The van der Waals surface area contributed by atoms with Crippen LogP contribution >= 0.6 is 15.9 Å². The topological polar surface area (TPSA) is 74.8 Å². The van der Waals surface area contributed by atoms with Crippen LogP contribution in [-0.2, 0) is 25.5 Å². The van der Waals surface area contributed by atoms with E-state index in [4.69, 9.17) is 0 Å². The van der Waals surface area contributed by atoms with Crippen molar-refractivity contribution < 1.29 is 16.8 Å². The molecule has 0 atom stereocenters. The molecule has 0 radical (unpaired) electrons. The van der Waals surface area contributed by atoms with Gasteiger partial charge in [-0.25, -0.2) is 16.8 Å². The molecule has 0 saturated carbocycles. The molecule has 0 bridgehead atoms. The fourth-order valence-corrected chi connectivity index (χ4v) is 6.29. The first-order valence-corrected chi connectivity index (χ1v) is 13.0. The molecule has 0 spiro atoms. The van der Waals surface area contributed by atoms with Gasteiger partial charge in [-0.15, -0.1) is 0 Å². The number of nitrogens with zero attached hydrogens (tertiary/aromatic N) is 2. The molecule has 1 fully saturated rings. The van der Waals surface area contributed by atoms with Crippen LogP contribution in [0.3, 0.4) is 0 Å². The van der Waals surface area contributed by atoms with Gasteiger partial charge in [-0.05, 0) is 47.4 Å². The van der Waals surface area contributed by atoms with Crippen LogP contribution in [-0.4, -0.2) is 51.6 Å². The summed E-state index contributed by atoms with van der Waals surface area (Å²) in [6.45, 7) is 6.71. The van der Waals surface area contributed by atoms with Gasteiger partial charge in [0, 0.05) is 30.7 Å². The Morgan fingerprint density at radius 3 is 1.38 bits per heavy atom. The Kier molecular flexibility index (Phi) is 6.27. The summed E-state index contributed by atoms with van der Waals surface area (Å²) in [5.41, 5.74) is 0.997. The first-order valence-electron chi connectivity index (χ1n) is 9.29. The molecule has 1 heterocycles. The van der Waals surface area contributed by atoms with Crippen molar-refractivity contribution in [3.63, 3.8) is 0 Å². The summed E-state index contributed by atoms with van der Waals surface area (Å²) < 4.78 is 55.0. The average molecular weight is 501 g/mol. The van der Waals surface area contributed by atoms with Gasteiger partial charge >= 0.3 is 0 Å². The largest absolute Gasteiger partial charge is 0.243 e. The second kappa shape index (κ2) is 8.11. The second-order valence-electron chi connectivity index (χ2n) is 8.04. The van der Waals surface area contributed by atoms with E-state index >= 15 is 0 Å². The molecule has 0 unspecified atom stereocenters. The number of hydrogen-bond donors (Lipinski definition) is 0. The highest BCUT2D eigenvalue weighted by molar-refractivity contribution is 9.10. The van der Waals surface area contributed by atoms with Crippen LogP contribution in [0.4, 0.5) is 0 Å². The standard InChI is InChI=1S/C20H25BrN2O4S2/c1-20(2,3)16-4-8-18(9-5-16)28(24,25)22-12-14-23(15-13-22)29(26,27)19-10-6-17(21)7-11-19/h4-11H,12-15H2,1-3H3. The molecule has 0 aromatic heterocycles. The molecule has 0 aliphatic carbocycles. The van der Waals surface area contributed by atoms with Gasteiger partial charge in [-0.2, -0.15) is 8.61 Å². The third-order valence-electron chi connectivity index (χ3n) is 5.01. The molecule has 158 valence electrons. The molecule has 1 saturated heterocycles. The molecule has 0 amide bonds. The maximum absolute atomic E-state index is 13.0. The summed E-state index contributed by atoms with van der Waals surface area (Å²) in [7, 11) is -7.30. The number of rotatable bonds is 4. The van der Waals surface area contributed by atoms with Crippen LogP contribution in [0, 0.1) is 0 Å². The van der Waals surface area contributed by atoms with Crippen LogP contribution in [0.2, 0.25) is 0 Å². The molecule has 2 aromatic rings. The molecule has 3 rings (SSSR count). The molecule has 6 nitrogen and oxygen atoms in total. The van der Waals surface area contributed by atoms with Crippen molar-refractivity contribution in [1.82, 2.24) is 8.61 Å². The quantitative estimate of drug-likeness (QED) is 0.644. The van der Waals surface area contributed by atoms with E-state index in [0.717, 1.165) is 10.0 Å². The van der Waals surface area contributed by atoms with Crippen LogP contribution in [0.1, 0.15) is 26.3 Å². The minimum atomic E-state index is -3.66. The van der Waals surface area contributed by atoms with Crippen molar-refractivity contribution in [3.8, 4) is 0 Å². The lowest BCUT2D eigenvalue weighted by Crippen LogP contribution is -2.50. The number of benzene rings is 2. The van der Waals surface area contributed by atoms with Gasteiger partial charge in [-0.1, -0.05) is 48.8 Å². The highest BCUT2D eigenvalue weighted by Gasteiger charge is 2.33. The van der Waals surface area contributed by atoms with Gasteiger partial charge in [-0.3, -0.25) is 0 Å². The molecule has 1 aliphatic heterocycles. The lowest BCUT2D eigenvalue weighted by atomic mass is 9.87.